The highest BCUT2D eigenvalue weighted by Gasteiger charge is 2.12. The van der Waals surface area contributed by atoms with Crippen LogP contribution in [0.3, 0.4) is 0 Å². The van der Waals surface area contributed by atoms with E-state index in [1.165, 1.54) is 6.26 Å². The average molecular weight is 266 g/mol. The molecule has 0 aliphatic carbocycles. The lowest BCUT2D eigenvalue weighted by atomic mass is 10.1. The van der Waals surface area contributed by atoms with E-state index in [1.54, 1.807) is 0 Å². The highest BCUT2D eigenvalue weighted by Crippen LogP contribution is 2.22. The first-order chi connectivity index (χ1) is 8.44. The van der Waals surface area contributed by atoms with Crippen molar-refractivity contribution in [2.75, 3.05) is 6.26 Å². The maximum atomic E-state index is 11.4. The van der Waals surface area contributed by atoms with Crippen LogP contribution in [-0.2, 0) is 28.7 Å². The minimum absolute atomic E-state index is 0.0769. The molecule has 0 spiro atoms. The van der Waals surface area contributed by atoms with Gasteiger partial charge in [0.05, 0.1) is 5.75 Å². The van der Waals surface area contributed by atoms with Gasteiger partial charge in [-0.05, 0) is 30.7 Å². The van der Waals surface area contributed by atoms with E-state index in [2.05, 4.69) is 0 Å². The molecule has 98 valence electrons. The summed E-state index contributed by atoms with van der Waals surface area (Å²) in [6, 6.07) is 7.96. The molecule has 0 bridgehead atoms. The zero-order chi connectivity index (χ0) is 13.3. The molecule has 0 amide bonds. The summed E-state index contributed by atoms with van der Waals surface area (Å²) in [6.45, 7) is 3.27. The molecular formula is C13H18N2O2S. The van der Waals surface area contributed by atoms with E-state index in [0.717, 1.165) is 28.7 Å². The van der Waals surface area contributed by atoms with E-state index < -0.39 is 9.84 Å². The van der Waals surface area contributed by atoms with Crippen LogP contribution in [0.1, 0.15) is 18.2 Å². The smallest absolute Gasteiger partial charge is 0.153 e. The van der Waals surface area contributed by atoms with Gasteiger partial charge < -0.3 is 10.3 Å². The van der Waals surface area contributed by atoms with Gasteiger partial charge in [-0.1, -0.05) is 6.07 Å². The summed E-state index contributed by atoms with van der Waals surface area (Å²) in [5.41, 5.74) is 8.57. The molecule has 0 radical (unpaired) electrons. The lowest BCUT2D eigenvalue weighted by Gasteiger charge is -2.07. The lowest BCUT2D eigenvalue weighted by Crippen LogP contribution is -2.07. The lowest BCUT2D eigenvalue weighted by molar-refractivity contribution is 0.598. The van der Waals surface area contributed by atoms with E-state index in [-0.39, 0.29) is 5.75 Å². The van der Waals surface area contributed by atoms with Crippen LogP contribution in [0.2, 0.25) is 0 Å². The molecule has 0 unspecified atom stereocenters. The zero-order valence-electron chi connectivity index (χ0n) is 10.7. The van der Waals surface area contributed by atoms with Gasteiger partial charge in [-0.15, -0.1) is 0 Å². The Labute approximate surface area is 107 Å². The van der Waals surface area contributed by atoms with Gasteiger partial charge in [0, 0.05) is 35.9 Å². The van der Waals surface area contributed by atoms with Gasteiger partial charge in [0.1, 0.15) is 0 Å². The minimum atomic E-state index is -3.02. The van der Waals surface area contributed by atoms with Gasteiger partial charge in [0.15, 0.2) is 9.84 Å². The van der Waals surface area contributed by atoms with Gasteiger partial charge in [0.25, 0.3) is 0 Å². The Morgan fingerprint density at radius 1 is 1.28 bits per heavy atom. The summed E-state index contributed by atoms with van der Waals surface area (Å²) in [6.07, 6.45) is 1.26. The average Bonchev–Trinajstić information content (AvgIpc) is 2.62. The van der Waals surface area contributed by atoms with Crippen LogP contribution in [0.4, 0.5) is 0 Å². The number of aryl methyl sites for hydroxylation is 1. The molecule has 0 saturated heterocycles. The molecule has 0 aliphatic rings. The Bertz CT molecular complexity index is 672. The van der Waals surface area contributed by atoms with Crippen LogP contribution in [0.15, 0.2) is 24.3 Å². The monoisotopic (exact) mass is 266 g/mol. The van der Waals surface area contributed by atoms with Crippen LogP contribution < -0.4 is 5.73 Å². The molecule has 2 aromatic rings. The van der Waals surface area contributed by atoms with Gasteiger partial charge in [0.2, 0.25) is 0 Å². The fraction of sp³-hybridized carbons (Fsp3) is 0.385. The van der Waals surface area contributed by atoms with Crippen molar-refractivity contribution in [3.05, 3.63) is 35.5 Å². The van der Waals surface area contributed by atoms with Gasteiger partial charge in [-0.25, -0.2) is 8.42 Å². The van der Waals surface area contributed by atoms with Crippen molar-refractivity contribution < 1.29 is 8.42 Å². The molecule has 0 saturated carbocycles. The first kappa shape index (κ1) is 13.1. The second-order valence-corrected chi connectivity index (χ2v) is 6.69. The summed E-state index contributed by atoms with van der Waals surface area (Å²) in [5, 5.41) is 1.05. The van der Waals surface area contributed by atoms with E-state index >= 15 is 0 Å². The number of benzene rings is 1. The predicted molar refractivity (Wildman–Crippen MR) is 74.1 cm³/mol. The Hall–Kier alpha value is -1.33. The number of nitrogens with two attached hydrogens (primary N) is 1. The van der Waals surface area contributed by atoms with Gasteiger partial charge in [-0.3, -0.25) is 0 Å². The van der Waals surface area contributed by atoms with Crippen LogP contribution >= 0.6 is 0 Å². The normalized spacial score (nSPS) is 12.2. The molecular weight excluding hydrogens is 248 g/mol. The number of fused-ring (bicyclic) bond motifs is 1. The molecule has 4 nitrogen and oxygen atoms in total. The Kier molecular flexibility index (Phi) is 3.45. The fourth-order valence-electron chi connectivity index (χ4n) is 2.27. The SMILES string of the molecule is CCn1c(CS(C)(=O)=O)cc2cc(CN)ccc21. The number of hydrogen-bond acceptors (Lipinski definition) is 3. The largest absolute Gasteiger partial charge is 0.344 e. The summed E-state index contributed by atoms with van der Waals surface area (Å²) >= 11 is 0. The van der Waals surface area contributed by atoms with E-state index in [0.29, 0.717) is 6.54 Å². The van der Waals surface area contributed by atoms with Crippen LogP contribution in [0.5, 0.6) is 0 Å². The van der Waals surface area contributed by atoms with Crippen molar-refractivity contribution in [3.8, 4) is 0 Å². The second-order valence-electron chi connectivity index (χ2n) is 4.55. The molecule has 5 heteroatoms. The van der Waals surface area contributed by atoms with E-state index in [9.17, 15) is 8.42 Å². The third-order valence-electron chi connectivity index (χ3n) is 3.01. The van der Waals surface area contributed by atoms with Gasteiger partial charge in [-0.2, -0.15) is 0 Å². The highest BCUT2D eigenvalue weighted by atomic mass is 32.2. The highest BCUT2D eigenvalue weighted by molar-refractivity contribution is 7.89. The topological polar surface area (TPSA) is 65.1 Å². The number of sulfone groups is 1. The first-order valence-electron chi connectivity index (χ1n) is 5.93. The molecule has 2 N–H and O–H groups in total. The number of nitrogens with zero attached hydrogens (tertiary/aromatic N) is 1. The van der Waals surface area contributed by atoms with Crippen LogP contribution in [0, 0.1) is 0 Å². The first-order valence-corrected chi connectivity index (χ1v) is 7.99. The molecule has 18 heavy (non-hydrogen) atoms. The van der Waals surface area contributed by atoms with Gasteiger partial charge >= 0.3 is 0 Å². The summed E-state index contributed by atoms with van der Waals surface area (Å²) in [5.74, 6) is 0.0769. The molecule has 2 rings (SSSR count). The van der Waals surface area contributed by atoms with Crippen molar-refractivity contribution in [2.45, 2.75) is 25.8 Å². The second kappa shape index (κ2) is 4.74. The molecule has 0 aliphatic heterocycles. The minimum Gasteiger partial charge on any atom is -0.344 e. The summed E-state index contributed by atoms with van der Waals surface area (Å²) in [7, 11) is -3.02. The standard InChI is InChI=1S/C13H18N2O2S/c1-3-15-12(9-18(2,16)17)7-11-6-10(8-14)4-5-13(11)15/h4-7H,3,8-9,14H2,1-2H3. The third kappa shape index (κ3) is 2.57. The fourth-order valence-corrected chi connectivity index (χ4v) is 3.04. The number of hydrogen-bond donors (Lipinski definition) is 1. The Balaban J connectivity index is 2.60. The molecule has 1 heterocycles. The molecule has 0 fully saturated rings. The van der Waals surface area contributed by atoms with Crippen molar-refractivity contribution in [1.29, 1.82) is 0 Å². The van der Waals surface area contributed by atoms with Crippen molar-refractivity contribution in [1.82, 2.24) is 4.57 Å². The maximum absolute atomic E-state index is 11.4. The molecule has 1 aromatic carbocycles. The quantitative estimate of drug-likeness (QED) is 0.915. The molecule has 0 atom stereocenters. The maximum Gasteiger partial charge on any atom is 0.153 e. The van der Waals surface area contributed by atoms with Crippen LogP contribution in [0.25, 0.3) is 10.9 Å². The third-order valence-corrected chi connectivity index (χ3v) is 3.83. The van der Waals surface area contributed by atoms with E-state index in [4.69, 9.17) is 5.73 Å². The molecule has 1 aromatic heterocycles. The van der Waals surface area contributed by atoms with E-state index in [1.807, 2.05) is 35.8 Å². The summed E-state index contributed by atoms with van der Waals surface area (Å²) in [4.78, 5) is 0. The van der Waals surface area contributed by atoms with Crippen molar-refractivity contribution in [3.63, 3.8) is 0 Å². The van der Waals surface area contributed by atoms with Crippen LogP contribution in [-0.4, -0.2) is 19.2 Å². The Morgan fingerprint density at radius 2 is 2.00 bits per heavy atom. The van der Waals surface area contributed by atoms with Crippen molar-refractivity contribution >= 4 is 20.7 Å². The summed E-state index contributed by atoms with van der Waals surface area (Å²) < 4.78 is 24.9. The number of rotatable bonds is 4. The predicted octanol–water partition coefficient (Wildman–Crippen LogP) is 1.66. The zero-order valence-corrected chi connectivity index (χ0v) is 11.5. The number of aromatic nitrogens is 1. The van der Waals surface area contributed by atoms with Crippen molar-refractivity contribution in [2.24, 2.45) is 5.73 Å². The Morgan fingerprint density at radius 3 is 2.56 bits per heavy atom.